The van der Waals surface area contributed by atoms with Crippen molar-refractivity contribution in [3.63, 3.8) is 0 Å². The van der Waals surface area contributed by atoms with Crippen LogP contribution in [0.2, 0.25) is 0 Å². The van der Waals surface area contributed by atoms with Crippen LogP contribution in [0.15, 0.2) is 0 Å². The van der Waals surface area contributed by atoms with E-state index >= 15 is 0 Å². The smallest absolute Gasteiger partial charge is 0.0613 e. The Kier molecular flexibility index (Phi) is 7.04. The number of ether oxygens (including phenoxy) is 1. The van der Waals surface area contributed by atoms with E-state index in [4.69, 9.17) is 4.74 Å². The number of hydrogen-bond donors (Lipinski definition) is 2. The molecular weight excluding hydrogens is 216 g/mol. The highest BCUT2D eigenvalue weighted by Crippen LogP contribution is 2.17. The molecule has 17 heavy (non-hydrogen) atoms. The third-order valence-electron chi connectivity index (χ3n) is 3.76. The zero-order valence-electron chi connectivity index (χ0n) is 11.4. The first-order valence-electron chi connectivity index (χ1n) is 6.92. The Labute approximate surface area is 105 Å². The number of likely N-dealkylation sites (N-methyl/N-ethyl adjacent to an activating group) is 1. The van der Waals surface area contributed by atoms with Crippen LogP contribution in [0.3, 0.4) is 0 Å². The molecule has 0 spiro atoms. The van der Waals surface area contributed by atoms with Gasteiger partial charge in [-0.1, -0.05) is 13.8 Å². The van der Waals surface area contributed by atoms with E-state index in [2.05, 4.69) is 24.1 Å². The molecule has 0 radical (unpaired) electrons. The maximum atomic E-state index is 9.55. The summed E-state index contributed by atoms with van der Waals surface area (Å²) in [6.45, 7) is 10.4. The highest BCUT2D eigenvalue weighted by molar-refractivity contribution is 4.85. The van der Waals surface area contributed by atoms with Gasteiger partial charge in [-0.3, -0.25) is 4.90 Å². The molecule has 1 aliphatic heterocycles. The zero-order chi connectivity index (χ0) is 12.6. The van der Waals surface area contributed by atoms with Gasteiger partial charge in [-0.25, -0.2) is 0 Å². The molecule has 1 heterocycles. The number of rotatable bonds is 8. The second kappa shape index (κ2) is 8.03. The molecule has 0 saturated carbocycles. The summed E-state index contributed by atoms with van der Waals surface area (Å²) < 4.78 is 5.33. The van der Waals surface area contributed by atoms with Crippen LogP contribution in [0.1, 0.15) is 33.1 Å². The molecule has 1 rings (SSSR count). The minimum absolute atomic E-state index is 0.0684. The highest BCUT2D eigenvalue weighted by atomic mass is 16.5. The Bertz CT molecular complexity index is 190. The van der Waals surface area contributed by atoms with Crippen LogP contribution >= 0.6 is 0 Å². The van der Waals surface area contributed by atoms with Crippen LogP contribution in [-0.4, -0.2) is 61.5 Å². The van der Waals surface area contributed by atoms with Gasteiger partial charge in [0.1, 0.15) is 0 Å². The molecule has 4 nitrogen and oxygen atoms in total. The van der Waals surface area contributed by atoms with Gasteiger partial charge in [0.2, 0.25) is 0 Å². The van der Waals surface area contributed by atoms with Crippen LogP contribution in [0.5, 0.6) is 0 Å². The highest BCUT2D eigenvalue weighted by Gasteiger charge is 2.25. The van der Waals surface area contributed by atoms with Crippen molar-refractivity contribution >= 4 is 0 Å². The molecule has 0 aromatic carbocycles. The summed E-state index contributed by atoms with van der Waals surface area (Å²) in [5, 5.41) is 13.0. The summed E-state index contributed by atoms with van der Waals surface area (Å²) in [6, 6.07) is 0. The predicted octanol–water partition coefficient (Wildman–Crippen LogP) is 0.849. The molecule has 1 atom stereocenters. The lowest BCUT2D eigenvalue weighted by Gasteiger charge is -2.33. The van der Waals surface area contributed by atoms with Crippen molar-refractivity contribution < 1.29 is 9.84 Å². The maximum Gasteiger partial charge on any atom is 0.0613 e. The van der Waals surface area contributed by atoms with Gasteiger partial charge in [0, 0.05) is 18.6 Å². The number of aliphatic hydroxyl groups excluding tert-OH is 1. The molecule has 1 fully saturated rings. The molecule has 0 aliphatic carbocycles. The van der Waals surface area contributed by atoms with Gasteiger partial charge in [0.05, 0.1) is 19.8 Å². The number of hydrogen-bond acceptors (Lipinski definition) is 4. The molecule has 102 valence electrons. The lowest BCUT2D eigenvalue weighted by Crippen LogP contribution is -2.48. The predicted molar refractivity (Wildman–Crippen MR) is 70.3 cm³/mol. The van der Waals surface area contributed by atoms with Gasteiger partial charge in [-0.2, -0.15) is 0 Å². The fourth-order valence-corrected chi connectivity index (χ4v) is 2.48. The number of nitrogens with zero attached hydrogens (tertiary/aromatic N) is 1. The molecule has 0 aromatic heterocycles. The standard InChI is InChI=1S/C13H28N2O2/c1-3-13(12-16,14-4-2)6-5-7-15-8-10-17-11-9-15/h14,16H,3-12H2,1-2H3. The van der Waals surface area contributed by atoms with E-state index < -0.39 is 0 Å². The fourth-order valence-electron chi connectivity index (χ4n) is 2.48. The number of morpholine rings is 1. The Hall–Kier alpha value is -0.160. The molecule has 4 heteroatoms. The number of aliphatic hydroxyl groups is 1. The van der Waals surface area contributed by atoms with Crippen molar-refractivity contribution in [2.24, 2.45) is 0 Å². The van der Waals surface area contributed by atoms with Gasteiger partial charge < -0.3 is 15.2 Å². The molecule has 1 unspecified atom stereocenters. The van der Waals surface area contributed by atoms with E-state index in [0.717, 1.165) is 58.7 Å². The van der Waals surface area contributed by atoms with Crippen LogP contribution in [0, 0.1) is 0 Å². The van der Waals surface area contributed by atoms with Gasteiger partial charge in [-0.05, 0) is 32.4 Å². The Morgan fingerprint density at radius 1 is 1.29 bits per heavy atom. The molecular formula is C13H28N2O2. The summed E-state index contributed by atoms with van der Waals surface area (Å²) in [7, 11) is 0. The quantitative estimate of drug-likeness (QED) is 0.664. The Morgan fingerprint density at radius 2 is 2.00 bits per heavy atom. The van der Waals surface area contributed by atoms with Crippen molar-refractivity contribution in [1.82, 2.24) is 10.2 Å². The van der Waals surface area contributed by atoms with Crippen LogP contribution < -0.4 is 5.32 Å². The van der Waals surface area contributed by atoms with Gasteiger partial charge in [-0.15, -0.1) is 0 Å². The maximum absolute atomic E-state index is 9.55. The third kappa shape index (κ3) is 4.92. The summed E-state index contributed by atoms with van der Waals surface area (Å²) in [5.41, 5.74) is -0.0684. The first-order valence-corrected chi connectivity index (χ1v) is 6.92. The van der Waals surface area contributed by atoms with Gasteiger partial charge in [0.15, 0.2) is 0 Å². The summed E-state index contributed by atoms with van der Waals surface area (Å²) >= 11 is 0. The Morgan fingerprint density at radius 3 is 2.53 bits per heavy atom. The van der Waals surface area contributed by atoms with Gasteiger partial charge >= 0.3 is 0 Å². The molecule has 1 saturated heterocycles. The largest absolute Gasteiger partial charge is 0.394 e. The van der Waals surface area contributed by atoms with Crippen LogP contribution in [0.25, 0.3) is 0 Å². The van der Waals surface area contributed by atoms with E-state index in [0.29, 0.717) is 0 Å². The van der Waals surface area contributed by atoms with E-state index in [9.17, 15) is 5.11 Å². The molecule has 0 bridgehead atoms. The monoisotopic (exact) mass is 244 g/mol. The van der Waals surface area contributed by atoms with E-state index in [1.807, 2.05) is 0 Å². The second-order valence-corrected chi connectivity index (χ2v) is 4.88. The summed E-state index contributed by atoms with van der Waals surface area (Å²) in [6.07, 6.45) is 3.17. The SMILES string of the molecule is CCNC(CC)(CO)CCCN1CCOCC1. The molecule has 2 N–H and O–H groups in total. The van der Waals surface area contributed by atoms with Crippen molar-refractivity contribution in [2.75, 3.05) is 46.0 Å². The van der Waals surface area contributed by atoms with Crippen molar-refractivity contribution in [3.8, 4) is 0 Å². The van der Waals surface area contributed by atoms with E-state index in [1.165, 1.54) is 0 Å². The fraction of sp³-hybridized carbons (Fsp3) is 1.00. The van der Waals surface area contributed by atoms with Crippen molar-refractivity contribution in [2.45, 2.75) is 38.6 Å². The van der Waals surface area contributed by atoms with Crippen LogP contribution in [-0.2, 0) is 4.74 Å². The van der Waals surface area contributed by atoms with E-state index in [1.54, 1.807) is 0 Å². The molecule has 1 aliphatic rings. The van der Waals surface area contributed by atoms with Crippen molar-refractivity contribution in [1.29, 1.82) is 0 Å². The summed E-state index contributed by atoms with van der Waals surface area (Å²) in [4.78, 5) is 2.45. The van der Waals surface area contributed by atoms with Gasteiger partial charge in [0.25, 0.3) is 0 Å². The van der Waals surface area contributed by atoms with Crippen molar-refractivity contribution in [3.05, 3.63) is 0 Å². The lowest BCUT2D eigenvalue weighted by molar-refractivity contribution is 0.0351. The summed E-state index contributed by atoms with van der Waals surface area (Å²) in [5.74, 6) is 0. The minimum atomic E-state index is -0.0684. The molecule has 0 amide bonds. The third-order valence-corrected chi connectivity index (χ3v) is 3.76. The second-order valence-electron chi connectivity index (χ2n) is 4.88. The zero-order valence-corrected chi connectivity index (χ0v) is 11.4. The topological polar surface area (TPSA) is 44.7 Å². The number of nitrogens with one attached hydrogen (secondary N) is 1. The van der Waals surface area contributed by atoms with E-state index in [-0.39, 0.29) is 12.1 Å². The lowest BCUT2D eigenvalue weighted by atomic mass is 9.91. The van der Waals surface area contributed by atoms with Crippen LogP contribution in [0.4, 0.5) is 0 Å². The average Bonchev–Trinajstić information content (AvgIpc) is 2.39. The minimum Gasteiger partial charge on any atom is -0.394 e. The first-order chi connectivity index (χ1) is 8.26. The first kappa shape index (κ1) is 14.9. The Balaban J connectivity index is 2.25. The normalized spacial score (nSPS) is 21.4. The average molecular weight is 244 g/mol. The molecule has 0 aromatic rings.